The second-order valence-electron chi connectivity index (χ2n) is 4.55. The highest BCUT2D eigenvalue weighted by molar-refractivity contribution is 7.80. The molecule has 2 atom stereocenters. The van der Waals surface area contributed by atoms with Gasteiger partial charge < -0.3 is 11.5 Å². The van der Waals surface area contributed by atoms with Crippen LogP contribution in [0.1, 0.15) is 19.3 Å². The maximum Gasteiger partial charge on any atom is 0.234 e. The van der Waals surface area contributed by atoms with Crippen molar-refractivity contribution in [2.75, 3.05) is 13.1 Å². The van der Waals surface area contributed by atoms with Crippen molar-refractivity contribution >= 4 is 23.1 Å². The van der Waals surface area contributed by atoms with E-state index in [1.54, 1.807) is 0 Å². The van der Waals surface area contributed by atoms with Gasteiger partial charge in [0.15, 0.2) is 0 Å². The number of hydrogen-bond donors (Lipinski definition) is 2. The van der Waals surface area contributed by atoms with E-state index in [2.05, 4.69) is 4.90 Å². The number of nitrogens with zero attached hydrogens (tertiary/aromatic N) is 1. The molecule has 4 nitrogen and oxygen atoms in total. The lowest BCUT2D eigenvalue weighted by atomic mass is 9.96. The summed E-state index contributed by atoms with van der Waals surface area (Å²) in [5, 5.41) is 0. The van der Waals surface area contributed by atoms with Crippen molar-refractivity contribution in [3.8, 4) is 0 Å². The minimum atomic E-state index is -0.223. The van der Waals surface area contributed by atoms with Crippen molar-refractivity contribution in [1.29, 1.82) is 0 Å². The van der Waals surface area contributed by atoms with Gasteiger partial charge in [0.05, 0.1) is 11.0 Å². The monoisotopic (exact) mass is 227 g/mol. The first-order valence-corrected chi connectivity index (χ1v) is 5.83. The first kappa shape index (κ1) is 10.8. The summed E-state index contributed by atoms with van der Waals surface area (Å²) in [7, 11) is 0. The maximum absolute atomic E-state index is 11.0. The molecule has 1 amide bonds. The molecule has 0 aromatic carbocycles. The number of likely N-dealkylation sites (tertiary alicyclic amines) is 1. The number of thiocarbonyl (C=S) groups is 1. The maximum atomic E-state index is 11.0. The van der Waals surface area contributed by atoms with E-state index in [1.807, 2.05) is 0 Å². The quantitative estimate of drug-likeness (QED) is 0.641. The standard InChI is InChI=1S/C10H17N3OS/c11-9(14)8-3-4-13(8)5-7(10(12)15)6-1-2-6/h6-8H,1-5H2,(H2,11,14)(H2,12,15). The van der Waals surface area contributed by atoms with Crippen LogP contribution in [0.15, 0.2) is 0 Å². The Kier molecular flexibility index (Phi) is 2.93. The summed E-state index contributed by atoms with van der Waals surface area (Å²) in [6.07, 6.45) is 3.32. The minimum Gasteiger partial charge on any atom is -0.393 e. The fourth-order valence-electron chi connectivity index (χ4n) is 2.20. The summed E-state index contributed by atoms with van der Waals surface area (Å²) < 4.78 is 0. The summed E-state index contributed by atoms with van der Waals surface area (Å²) in [5.74, 6) is 0.706. The van der Waals surface area contributed by atoms with E-state index >= 15 is 0 Å². The van der Waals surface area contributed by atoms with Crippen molar-refractivity contribution in [2.45, 2.75) is 25.3 Å². The van der Waals surface area contributed by atoms with Crippen LogP contribution in [0.4, 0.5) is 0 Å². The molecule has 1 heterocycles. The average Bonchev–Trinajstić information content (AvgIpc) is 2.84. The fourth-order valence-corrected chi connectivity index (χ4v) is 2.47. The summed E-state index contributed by atoms with van der Waals surface area (Å²) in [4.78, 5) is 13.7. The first-order chi connectivity index (χ1) is 7.09. The Bertz CT molecular complexity index is 290. The van der Waals surface area contributed by atoms with E-state index < -0.39 is 0 Å². The molecule has 1 aliphatic heterocycles. The average molecular weight is 227 g/mol. The van der Waals surface area contributed by atoms with Gasteiger partial charge in [0.25, 0.3) is 0 Å². The van der Waals surface area contributed by atoms with Crippen molar-refractivity contribution in [3.63, 3.8) is 0 Å². The van der Waals surface area contributed by atoms with E-state index in [0.29, 0.717) is 10.9 Å². The molecule has 2 rings (SSSR count). The number of carbonyl (C=O) groups excluding carboxylic acids is 1. The van der Waals surface area contributed by atoms with E-state index in [9.17, 15) is 4.79 Å². The topological polar surface area (TPSA) is 72.4 Å². The summed E-state index contributed by atoms with van der Waals surface area (Å²) in [6, 6.07) is -0.0828. The lowest BCUT2D eigenvalue weighted by Crippen LogP contribution is -2.57. The van der Waals surface area contributed by atoms with Crippen LogP contribution in [-0.2, 0) is 4.79 Å². The smallest absolute Gasteiger partial charge is 0.234 e. The number of amides is 1. The van der Waals surface area contributed by atoms with Gasteiger partial charge >= 0.3 is 0 Å². The van der Waals surface area contributed by atoms with Crippen LogP contribution in [0.5, 0.6) is 0 Å². The molecule has 0 aromatic heterocycles. The second-order valence-corrected chi connectivity index (χ2v) is 5.02. The molecular weight excluding hydrogens is 210 g/mol. The van der Waals surface area contributed by atoms with E-state index in [1.165, 1.54) is 12.8 Å². The van der Waals surface area contributed by atoms with Gasteiger partial charge in [-0.15, -0.1) is 0 Å². The Hall–Kier alpha value is -0.680. The van der Waals surface area contributed by atoms with Crippen LogP contribution in [-0.4, -0.2) is 34.9 Å². The van der Waals surface area contributed by atoms with Gasteiger partial charge in [0.1, 0.15) is 0 Å². The van der Waals surface area contributed by atoms with Crippen LogP contribution >= 0.6 is 12.2 Å². The van der Waals surface area contributed by atoms with Gasteiger partial charge in [-0.1, -0.05) is 12.2 Å². The number of primary amides is 1. The molecule has 4 N–H and O–H groups in total. The zero-order chi connectivity index (χ0) is 11.0. The lowest BCUT2D eigenvalue weighted by Gasteiger charge is -2.40. The molecule has 0 aromatic rings. The summed E-state index contributed by atoms with van der Waals surface area (Å²) in [5.41, 5.74) is 11.0. The summed E-state index contributed by atoms with van der Waals surface area (Å²) >= 11 is 5.06. The third-order valence-corrected chi connectivity index (χ3v) is 3.75. The minimum absolute atomic E-state index is 0.0828. The molecule has 1 saturated carbocycles. The highest BCUT2D eigenvalue weighted by Gasteiger charge is 2.39. The highest BCUT2D eigenvalue weighted by atomic mass is 32.1. The van der Waals surface area contributed by atoms with Crippen molar-refractivity contribution in [1.82, 2.24) is 4.90 Å². The van der Waals surface area contributed by atoms with Crippen molar-refractivity contribution in [3.05, 3.63) is 0 Å². The van der Waals surface area contributed by atoms with Gasteiger partial charge in [0, 0.05) is 19.0 Å². The number of carbonyl (C=O) groups is 1. The normalized spacial score (nSPS) is 28.1. The largest absolute Gasteiger partial charge is 0.393 e. The second kappa shape index (κ2) is 4.06. The SMILES string of the molecule is NC(=O)C1CCN1CC(C(N)=S)C1CC1. The van der Waals surface area contributed by atoms with Crippen LogP contribution in [0.2, 0.25) is 0 Å². The molecule has 5 heteroatoms. The molecular formula is C10H17N3OS. The van der Waals surface area contributed by atoms with E-state index in [0.717, 1.165) is 19.5 Å². The van der Waals surface area contributed by atoms with Crippen LogP contribution in [0.25, 0.3) is 0 Å². The van der Waals surface area contributed by atoms with E-state index in [-0.39, 0.29) is 17.9 Å². The third kappa shape index (κ3) is 2.29. The Labute approximate surface area is 95.0 Å². The molecule has 84 valence electrons. The predicted octanol–water partition coefficient (Wildman–Crippen LogP) is -0.142. The molecule has 0 spiro atoms. The van der Waals surface area contributed by atoms with Crippen LogP contribution in [0, 0.1) is 11.8 Å². The summed E-state index contributed by atoms with van der Waals surface area (Å²) in [6.45, 7) is 1.76. The zero-order valence-electron chi connectivity index (χ0n) is 8.69. The molecule has 2 aliphatic rings. The Balaban J connectivity index is 1.89. The van der Waals surface area contributed by atoms with Gasteiger partial charge in [0.2, 0.25) is 5.91 Å². The third-order valence-electron chi connectivity index (χ3n) is 3.45. The molecule has 2 unspecified atom stereocenters. The number of hydrogen-bond acceptors (Lipinski definition) is 3. The predicted molar refractivity (Wildman–Crippen MR) is 62.2 cm³/mol. The van der Waals surface area contributed by atoms with Crippen LogP contribution in [0.3, 0.4) is 0 Å². The van der Waals surface area contributed by atoms with Gasteiger partial charge in [-0.3, -0.25) is 9.69 Å². The zero-order valence-corrected chi connectivity index (χ0v) is 9.50. The Morgan fingerprint density at radius 1 is 1.40 bits per heavy atom. The lowest BCUT2D eigenvalue weighted by molar-refractivity contribution is -0.127. The van der Waals surface area contributed by atoms with Crippen molar-refractivity contribution < 1.29 is 4.79 Å². The number of rotatable bonds is 5. The Morgan fingerprint density at radius 2 is 2.07 bits per heavy atom. The van der Waals surface area contributed by atoms with Gasteiger partial charge in [-0.2, -0.15) is 0 Å². The molecule has 2 fully saturated rings. The molecule has 0 radical (unpaired) electrons. The van der Waals surface area contributed by atoms with Gasteiger partial charge in [-0.05, 0) is 25.2 Å². The first-order valence-electron chi connectivity index (χ1n) is 5.42. The highest BCUT2D eigenvalue weighted by Crippen LogP contribution is 2.38. The Morgan fingerprint density at radius 3 is 2.40 bits per heavy atom. The van der Waals surface area contributed by atoms with E-state index in [4.69, 9.17) is 23.7 Å². The van der Waals surface area contributed by atoms with Crippen molar-refractivity contribution in [2.24, 2.45) is 23.3 Å². The molecule has 15 heavy (non-hydrogen) atoms. The van der Waals surface area contributed by atoms with Crippen LogP contribution < -0.4 is 11.5 Å². The van der Waals surface area contributed by atoms with Gasteiger partial charge in [-0.25, -0.2) is 0 Å². The molecule has 1 aliphatic carbocycles. The molecule has 1 saturated heterocycles. The number of nitrogens with two attached hydrogens (primary N) is 2. The fraction of sp³-hybridized carbons (Fsp3) is 0.800. The molecule has 0 bridgehead atoms.